The zero-order chi connectivity index (χ0) is 14.9. The number of halogens is 1. The average molecular weight is 389 g/mol. The number of ether oxygens (including phenoxy) is 1. The van der Waals surface area contributed by atoms with Crippen LogP contribution in [0, 0.1) is 0 Å². The summed E-state index contributed by atoms with van der Waals surface area (Å²) in [6.07, 6.45) is 2.21. The van der Waals surface area contributed by atoms with Crippen molar-refractivity contribution in [2.24, 2.45) is 0 Å². The molecule has 0 bridgehead atoms. The first-order valence-electron chi connectivity index (χ1n) is 6.37. The maximum absolute atomic E-state index is 12.5. The van der Waals surface area contributed by atoms with Gasteiger partial charge in [0, 0.05) is 22.6 Å². The lowest BCUT2D eigenvalue weighted by Gasteiger charge is -2.16. The van der Waals surface area contributed by atoms with Crippen molar-refractivity contribution in [3.8, 4) is 5.19 Å². The third kappa shape index (κ3) is 3.28. The summed E-state index contributed by atoms with van der Waals surface area (Å²) >= 11 is 4.71. The fourth-order valence-electron chi connectivity index (χ4n) is 2.18. The van der Waals surface area contributed by atoms with Gasteiger partial charge >= 0.3 is 0 Å². The highest BCUT2D eigenvalue weighted by molar-refractivity contribution is 9.10. The van der Waals surface area contributed by atoms with Crippen LogP contribution in [0.15, 0.2) is 45.2 Å². The molecule has 1 aromatic carbocycles. The van der Waals surface area contributed by atoms with E-state index in [1.165, 1.54) is 15.6 Å². The van der Waals surface area contributed by atoms with Gasteiger partial charge in [-0.3, -0.25) is 0 Å². The van der Waals surface area contributed by atoms with Crippen LogP contribution in [-0.2, 0) is 10.0 Å². The molecule has 0 N–H and O–H groups in total. The van der Waals surface area contributed by atoms with Crippen molar-refractivity contribution in [2.75, 3.05) is 13.1 Å². The number of hydrogen-bond donors (Lipinski definition) is 0. The monoisotopic (exact) mass is 388 g/mol. The van der Waals surface area contributed by atoms with Crippen molar-refractivity contribution in [3.05, 3.63) is 40.3 Å². The van der Waals surface area contributed by atoms with Crippen LogP contribution in [0.2, 0.25) is 0 Å². The van der Waals surface area contributed by atoms with Crippen LogP contribution < -0.4 is 4.74 Å². The molecule has 3 rings (SSSR count). The molecule has 1 fully saturated rings. The van der Waals surface area contributed by atoms with Crippen molar-refractivity contribution in [1.82, 2.24) is 9.29 Å². The van der Waals surface area contributed by atoms with Gasteiger partial charge < -0.3 is 4.74 Å². The smallest absolute Gasteiger partial charge is 0.273 e. The molecule has 1 atom stereocenters. The van der Waals surface area contributed by atoms with E-state index in [0.29, 0.717) is 29.6 Å². The van der Waals surface area contributed by atoms with E-state index in [-0.39, 0.29) is 6.10 Å². The van der Waals surface area contributed by atoms with Crippen LogP contribution in [-0.4, -0.2) is 36.9 Å². The molecule has 0 saturated carbocycles. The molecule has 1 aliphatic rings. The quantitative estimate of drug-likeness (QED) is 0.807. The molecule has 1 aliphatic heterocycles. The highest BCUT2D eigenvalue weighted by Gasteiger charge is 2.33. The lowest BCUT2D eigenvalue weighted by atomic mass is 10.3. The Hall–Kier alpha value is -0.960. The Morgan fingerprint density at radius 3 is 2.76 bits per heavy atom. The molecule has 2 heterocycles. The van der Waals surface area contributed by atoms with Gasteiger partial charge in [-0.1, -0.05) is 27.3 Å². The van der Waals surface area contributed by atoms with Gasteiger partial charge in [-0.25, -0.2) is 13.4 Å². The van der Waals surface area contributed by atoms with Crippen LogP contribution in [0.3, 0.4) is 0 Å². The highest BCUT2D eigenvalue weighted by Crippen LogP contribution is 2.25. The number of rotatable bonds is 4. The van der Waals surface area contributed by atoms with Gasteiger partial charge in [0.2, 0.25) is 10.0 Å². The molecule has 1 unspecified atom stereocenters. The average Bonchev–Trinajstić information content (AvgIpc) is 3.11. The Bertz CT molecular complexity index is 702. The fourth-order valence-corrected chi connectivity index (χ4v) is 4.48. The minimum absolute atomic E-state index is 0.138. The van der Waals surface area contributed by atoms with E-state index in [1.807, 2.05) is 5.38 Å². The van der Waals surface area contributed by atoms with Gasteiger partial charge in [0.15, 0.2) is 0 Å². The summed E-state index contributed by atoms with van der Waals surface area (Å²) in [4.78, 5) is 4.36. The van der Waals surface area contributed by atoms with Crippen molar-refractivity contribution in [3.63, 3.8) is 0 Å². The predicted molar refractivity (Wildman–Crippen MR) is 84.0 cm³/mol. The lowest BCUT2D eigenvalue weighted by Crippen LogP contribution is -2.31. The van der Waals surface area contributed by atoms with E-state index >= 15 is 0 Å². The third-order valence-electron chi connectivity index (χ3n) is 3.24. The summed E-state index contributed by atoms with van der Waals surface area (Å²) in [5.74, 6) is 0. The maximum Gasteiger partial charge on any atom is 0.273 e. The summed E-state index contributed by atoms with van der Waals surface area (Å²) in [5, 5.41) is 2.42. The normalized spacial score (nSPS) is 19.8. The Balaban J connectivity index is 1.71. The summed E-state index contributed by atoms with van der Waals surface area (Å²) in [5.41, 5.74) is 0. The molecule has 5 nitrogen and oxygen atoms in total. The molecule has 0 radical (unpaired) electrons. The van der Waals surface area contributed by atoms with Crippen molar-refractivity contribution >= 4 is 37.3 Å². The summed E-state index contributed by atoms with van der Waals surface area (Å²) in [6.45, 7) is 0.826. The number of benzene rings is 1. The SMILES string of the molecule is O=S(=O)(c1ccc(Br)cc1)N1CCC(Oc2nccs2)C1. The predicted octanol–water partition coefficient (Wildman–Crippen LogP) is 2.75. The summed E-state index contributed by atoms with van der Waals surface area (Å²) in [6, 6.07) is 6.67. The van der Waals surface area contributed by atoms with Crippen molar-refractivity contribution < 1.29 is 13.2 Å². The first-order valence-corrected chi connectivity index (χ1v) is 9.49. The standard InChI is InChI=1S/C13H13BrN2O3S2/c14-10-1-3-12(4-2-10)21(17,18)16-7-5-11(9-16)19-13-15-6-8-20-13/h1-4,6,8,11H,5,7,9H2. The zero-order valence-electron chi connectivity index (χ0n) is 11.0. The number of thiazole rings is 1. The molecule has 0 amide bonds. The minimum atomic E-state index is -3.45. The van der Waals surface area contributed by atoms with Gasteiger partial charge in [0.25, 0.3) is 5.19 Å². The van der Waals surface area contributed by atoms with E-state index in [0.717, 1.165) is 4.47 Å². The van der Waals surface area contributed by atoms with Crippen molar-refractivity contribution in [2.45, 2.75) is 17.4 Å². The second-order valence-electron chi connectivity index (χ2n) is 4.64. The Morgan fingerprint density at radius 2 is 2.10 bits per heavy atom. The third-order valence-corrected chi connectivity index (χ3v) is 6.31. The molecule has 1 saturated heterocycles. The molecule has 0 spiro atoms. The van der Waals surface area contributed by atoms with Crippen LogP contribution in [0.1, 0.15) is 6.42 Å². The Labute approximate surface area is 135 Å². The zero-order valence-corrected chi connectivity index (χ0v) is 14.2. The van der Waals surface area contributed by atoms with Gasteiger partial charge in [-0.05, 0) is 30.7 Å². The second kappa shape index (κ2) is 6.04. The minimum Gasteiger partial charge on any atom is -0.465 e. The molecule has 8 heteroatoms. The molecule has 112 valence electrons. The van der Waals surface area contributed by atoms with E-state index < -0.39 is 10.0 Å². The fraction of sp³-hybridized carbons (Fsp3) is 0.308. The van der Waals surface area contributed by atoms with Crippen molar-refractivity contribution in [1.29, 1.82) is 0 Å². The first kappa shape index (κ1) is 15.0. The summed E-state index contributed by atoms with van der Waals surface area (Å²) < 4.78 is 33.1. The molecule has 2 aromatic rings. The van der Waals surface area contributed by atoms with E-state index in [2.05, 4.69) is 20.9 Å². The van der Waals surface area contributed by atoms with Gasteiger partial charge in [-0.15, -0.1) is 0 Å². The lowest BCUT2D eigenvalue weighted by molar-refractivity contribution is 0.214. The van der Waals surface area contributed by atoms with Crippen LogP contribution in [0.25, 0.3) is 0 Å². The van der Waals surface area contributed by atoms with E-state index in [4.69, 9.17) is 4.74 Å². The number of nitrogens with zero attached hydrogens (tertiary/aromatic N) is 2. The van der Waals surface area contributed by atoms with Gasteiger partial charge in [0.05, 0.1) is 11.4 Å². The van der Waals surface area contributed by atoms with E-state index in [9.17, 15) is 8.42 Å². The second-order valence-corrected chi connectivity index (χ2v) is 8.35. The van der Waals surface area contributed by atoms with Gasteiger partial charge in [-0.2, -0.15) is 4.31 Å². The van der Waals surface area contributed by atoms with Crippen LogP contribution in [0.4, 0.5) is 0 Å². The maximum atomic E-state index is 12.5. The topological polar surface area (TPSA) is 59.5 Å². The molecule has 1 aromatic heterocycles. The Morgan fingerprint density at radius 1 is 1.33 bits per heavy atom. The highest BCUT2D eigenvalue weighted by atomic mass is 79.9. The number of aromatic nitrogens is 1. The molecular weight excluding hydrogens is 376 g/mol. The van der Waals surface area contributed by atoms with Gasteiger partial charge in [0.1, 0.15) is 6.10 Å². The molecule has 21 heavy (non-hydrogen) atoms. The molecule has 0 aliphatic carbocycles. The number of hydrogen-bond acceptors (Lipinski definition) is 5. The van der Waals surface area contributed by atoms with E-state index in [1.54, 1.807) is 30.5 Å². The Kier molecular flexibility index (Phi) is 4.30. The first-order chi connectivity index (χ1) is 10.1. The number of sulfonamides is 1. The molecular formula is C13H13BrN2O3S2. The largest absolute Gasteiger partial charge is 0.465 e. The van der Waals surface area contributed by atoms with Crippen LogP contribution in [0.5, 0.6) is 5.19 Å². The van der Waals surface area contributed by atoms with Crippen LogP contribution >= 0.6 is 27.3 Å². The summed E-state index contributed by atoms with van der Waals surface area (Å²) in [7, 11) is -3.45.